The average molecular weight is 538 g/mol. The second-order valence-corrected chi connectivity index (χ2v) is 9.47. The van der Waals surface area contributed by atoms with Gasteiger partial charge in [-0.25, -0.2) is 19.0 Å². The Kier molecular flexibility index (Phi) is 6.81. The molecular formula is C25H21ClFN7O2S. The van der Waals surface area contributed by atoms with Crippen LogP contribution in [0.5, 0.6) is 0 Å². The highest BCUT2D eigenvalue weighted by Gasteiger charge is 2.44. The van der Waals surface area contributed by atoms with Crippen LogP contribution in [0, 0.1) is 12.7 Å². The molecule has 0 aliphatic carbocycles. The highest BCUT2D eigenvalue weighted by molar-refractivity contribution is 7.13. The van der Waals surface area contributed by atoms with E-state index < -0.39 is 17.2 Å². The highest BCUT2D eigenvalue weighted by Crippen LogP contribution is 2.35. The summed E-state index contributed by atoms with van der Waals surface area (Å²) in [4.78, 5) is 31.1. The number of thiazole rings is 1. The minimum Gasteiger partial charge on any atom is -0.465 e. The number of allylic oxidation sites excluding steroid dienone is 1. The van der Waals surface area contributed by atoms with Crippen LogP contribution in [-0.2, 0) is 14.9 Å². The van der Waals surface area contributed by atoms with E-state index in [2.05, 4.69) is 20.3 Å². The average Bonchev–Trinajstić information content (AvgIpc) is 3.57. The Balaban J connectivity index is 1.67. The standard InChI is InChI=1S/C25H21ClFN7O2S/c1-3-36-23(35)25(7-4-8-28-14-25)17-13-30-24(31-16-5-6-19(27)18(26)12-16)32-21(17)34-15(2)11-20(33-34)22-29-9-10-37-22/h4-6,8-14H,3,7H2,1-2H3,(H,30,31,32). The lowest BCUT2D eigenvalue weighted by molar-refractivity contribution is -0.147. The zero-order valence-electron chi connectivity index (χ0n) is 19.9. The summed E-state index contributed by atoms with van der Waals surface area (Å²) in [6.45, 7) is 3.83. The molecule has 12 heteroatoms. The number of hydrogen-bond donors (Lipinski definition) is 1. The minimum atomic E-state index is -1.25. The fraction of sp³-hybridized carbons (Fsp3) is 0.200. The Morgan fingerprint density at radius 1 is 1.32 bits per heavy atom. The Morgan fingerprint density at radius 2 is 2.19 bits per heavy atom. The fourth-order valence-corrected chi connectivity index (χ4v) is 4.74. The van der Waals surface area contributed by atoms with Gasteiger partial charge in [-0.3, -0.25) is 9.79 Å². The molecule has 0 amide bonds. The van der Waals surface area contributed by atoms with Gasteiger partial charge in [-0.05, 0) is 44.5 Å². The van der Waals surface area contributed by atoms with Gasteiger partial charge < -0.3 is 10.1 Å². The molecule has 188 valence electrons. The van der Waals surface area contributed by atoms with E-state index in [-0.39, 0.29) is 17.6 Å². The van der Waals surface area contributed by atoms with Gasteiger partial charge in [-0.2, -0.15) is 10.1 Å². The smallest absolute Gasteiger partial charge is 0.322 e. The van der Waals surface area contributed by atoms with Crippen molar-refractivity contribution >= 4 is 46.8 Å². The van der Waals surface area contributed by atoms with Gasteiger partial charge in [0.25, 0.3) is 0 Å². The number of anilines is 2. The molecule has 5 rings (SSSR count). The number of aromatic nitrogens is 5. The second-order valence-electron chi connectivity index (χ2n) is 8.16. The fourth-order valence-electron chi connectivity index (χ4n) is 3.96. The molecular weight excluding hydrogens is 517 g/mol. The third-order valence-electron chi connectivity index (χ3n) is 5.73. The zero-order valence-corrected chi connectivity index (χ0v) is 21.4. The van der Waals surface area contributed by atoms with Gasteiger partial charge in [0, 0.05) is 47.1 Å². The molecule has 1 N–H and O–H groups in total. The molecule has 1 aliphatic rings. The Morgan fingerprint density at radius 3 is 2.89 bits per heavy atom. The number of halogens is 2. The second kappa shape index (κ2) is 10.2. The SMILES string of the molecule is CCOC(=O)C1(c2cnc(Nc3ccc(F)c(Cl)c3)nc2-n2nc(-c3nccs3)cc2C)C=NC=CC1. The molecule has 4 aromatic rings. The van der Waals surface area contributed by atoms with Crippen LogP contribution in [0.4, 0.5) is 16.0 Å². The molecule has 0 radical (unpaired) electrons. The van der Waals surface area contributed by atoms with Gasteiger partial charge in [-0.15, -0.1) is 11.3 Å². The minimum absolute atomic E-state index is 0.0377. The number of carbonyl (C=O) groups excluding carboxylic acids is 1. The summed E-state index contributed by atoms with van der Waals surface area (Å²) >= 11 is 7.41. The number of nitrogens with one attached hydrogen (secondary N) is 1. The number of ether oxygens (including phenoxy) is 1. The van der Waals surface area contributed by atoms with Crippen LogP contribution in [0.15, 0.2) is 59.3 Å². The van der Waals surface area contributed by atoms with Gasteiger partial charge in [0.15, 0.2) is 5.82 Å². The van der Waals surface area contributed by atoms with Crippen molar-refractivity contribution < 1.29 is 13.9 Å². The number of hydrogen-bond acceptors (Lipinski definition) is 9. The summed E-state index contributed by atoms with van der Waals surface area (Å²) in [5, 5.41) is 10.4. The maximum atomic E-state index is 13.7. The molecule has 0 saturated heterocycles. The number of carbonyl (C=O) groups is 1. The predicted octanol–water partition coefficient (Wildman–Crippen LogP) is 5.42. The maximum absolute atomic E-state index is 13.7. The van der Waals surface area contributed by atoms with Gasteiger partial charge in [0.1, 0.15) is 21.9 Å². The zero-order chi connectivity index (χ0) is 26.0. The van der Waals surface area contributed by atoms with E-state index in [9.17, 15) is 9.18 Å². The van der Waals surface area contributed by atoms with E-state index in [1.807, 2.05) is 18.4 Å². The topological polar surface area (TPSA) is 107 Å². The monoisotopic (exact) mass is 537 g/mol. The van der Waals surface area contributed by atoms with E-state index in [1.54, 1.807) is 42.5 Å². The van der Waals surface area contributed by atoms with Crippen molar-refractivity contribution in [3.8, 4) is 16.5 Å². The maximum Gasteiger partial charge on any atom is 0.322 e. The van der Waals surface area contributed by atoms with Crippen molar-refractivity contribution in [2.45, 2.75) is 25.7 Å². The van der Waals surface area contributed by atoms with E-state index in [0.29, 0.717) is 29.2 Å². The Labute approximate surface area is 220 Å². The van der Waals surface area contributed by atoms with Crippen molar-refractivity contribution in [1.82, 2.24) is 24.7 Å². The number of aryl methyl sites for hydroxylation is 1. The number of esters is 1. The summed E-state index contributed by atoms with van der Waals surface area (Å²) < 4.78 is 20.8. The van der Waals surface area contributed by atoms with Crippen LogP contribution in [0.1, 0.15) is 24.6 Å². The van der Waals surface area contributed by atoms with Gasteiger partial charge in [0.05, 0.1) is 11.6 Å². The van der Waals surface area contributed by atoms with E-state index >= 15 is 0 Å². The van der Waals surface area contributed by atoms with Crippen LogP contribution in [0.2, 0.25) is 5.02 Å². The van der Waals surface area contributed by atoms with Crippen LogP contribution in [0.25, 0.3) is 16.5 Å². The van der Waals surface area contributed by atoms with Gasteiger partial charge in [0.2, 0.25) is 5.95 Å². The van der Waals surface area contributed by atoms with Crippen molar-refractivity contribution in [2.24, 2.45) is 4.99 Å². The first-order valence-corrected chi connectivity index (χ1v) is 12.6. The third-order valence-corrected chi connectivity index (χ3v) is 6.82. The van der Waals surface area contributed by atoms with Crippen molar-refractivity contribution in [3.63, 3.8) is 0 Å². The predicted molar refractivity (Wildman–Crippen MR) is 140 cm³/mol. The third kappa shape index (κ3) is 4.75. The van der Waals surface area contributed by atoms with Gasteiger partial charge in [-0.1, -0.05) is 17.7 Å². The molecule has 0 spiro atoms. The number of rotatable bonds is 7. The van der Waals surface area contributed by atoms with Crippen LogP contribution in [-0.4, -0.2) is 43.5 Å². The molecule has 9 nitrogen and oxygen atoms in total. The summed E-state index contributed by atoms with van der Waals surface area (Å²) in [5.41, 5.74) is 1.14. The van der Waals surface area contributed by atoms with E-state index in [0.717, 1.165) is 10.7 Å². The Hall–Kier alpha value is -3.96. The first kappa shape index (κ1) is 24.7. The summed E-state index contributed by atoms with van der Waals surface area (Å²) in [7, 11) is 0. The largest absolute Gasteiger partial charge is 0.465 e. The highest BCUT2D eigenvalue weighted by atomic mass is 35.5. The number of aliphatic imine (C=N–C) groups is 1. The quantitative estimate of drug-likeness (QED) is 0.314. The summed E-state index contributed by atoms with van der Waals surface area (Å²) in [6, 6.07) is 6.10. The number of nitrogens with zero attached hydrogens (tertiary/aromatic N) is 6. The molecule has 1 unspecified atom stereocenters. The van der Waals surface area contributed by atoms with Crippen molar-refractivity contribution in [3.05, 3.63) is 76.4 Å². The van der Waals surface area contributed by atoms with E-state index in [4.69, 9.17) is 26.4 Å². The molecule has 0 saturated carbocycles. The first-order valence-electron chi connectivity index (χ1n) is 11.3. The summed E-state index contributed by atoms with van der Waals surface area (Å²) in [6.07, 6.45) is 8.56. The van der Waals surface area contributed by atoms with Crippen LogP contribution in [0.3, 0.4) is 0 Å². The molecule has 1 aliphatic heterocycles. The van der Waals surface area contributed by atoms with Crippen molar-refractivity contribution in [2.75, 3.05) is 11.9 Å². The number of benzene rings is 1. The molecule has 4 heterocycles. The van der Waals surface area contributed by atoms with Gasteiger partial charge >= 0.3 is 5.97 Å². The van der Waals surface area contributed by atoms with E-state index in [1.165, 1.54) is 29.5 Å². The van der Waals surface area contributed by atoms with Crippen LogP contribution >= 0.6 is 22.9 Å². The van der Waals surface area contributed by atoms with Crippen molar-refractivity contribution in [1.29, 1.82) is 0 Å². The van der Waals surface area contributed by atoms with Crippen LogP contribution < -0.4 is 5.32 Å². The lowest BCUT2D eigenvalue weighted by Crippen LogP contribution is -2.41. The normalized spacial score (nSPS) is 16.6. The molecule has 0 bridgehead atoms. The lowest BCUT2D eigenvalue weighted by atomic mass is 9.78. The molecule has 37 heavy (non-hydrogen) atoms. The Bertz CT molecular complexity index is 1520. The molecule has 1 aromatic carbocycles. The molecule has 0 fully saturated rings. The molecule has 3 aromatic heterocycles. The molecule has 1 atom stereocenters. The summed E-state index contributed by atoms with van der Waals surface area (Å²) in [5.74, 6) is -0.439. The first-order chi connectivity index (χ1) is 17.9. The lowest BCUT2D eigenvalue weighted by Gasteiger charge is -2.29.